The monoisotopic (exact) mass is 132 g/mol. The second kappa shape index (κ2) is 15.9. The van der Waals surface area contributed by atoms with Crippen LogP contribution in [0, 0.1) is 0 Å². The number of carbonyl (C=O) groups excluding carboxylic acids is 1. The van der Waals surface area contributed by atoms with E-state index in [0.29, 0.717) is 6.42 Å². The lowest BCUT2D eigenvalue weighted by atomic mass is 10.4. The van der Waals surface area contributed by atoms with Crippen LogP contribution in [0.15, 0.2) is 0 Å². The van der Waals surface area contributed by atoms with Crippen molar-refractivity contribution < 1.29 is 4.79 Å². The molecule has 1 nitrogen and oxygen atoms in total. The molecule has 0 unspecified atom stereocenters. The Morgan fingerprint density at radius 3 is 1.86 bits per heavy atom. The molecule has 0 aliphatic rings. The van der Waals surface area contributed by atoms with E-state index in [9.17, 15) is 4.79 Å². The smallest absolute Gasteiger partial charge is 0.187 e. The molecular formula is C4H14Al2O. The molecule has 0 aromatic rings. The number of carbonyl (C=O) groups is 1. The Kier molecular flexibility index (Phi) is 35.5. The fourth-order valence-corrected chi connectivity index (χ4v) is 0.118. The summed E-state index contributed by atoms with van der Waals surface area (Å²) < 4.78 is 0. The van der Waals surface area contributed by atoms with Gasteiger partial charge in [-0.15, -0.1) is 0 Å². The highest BCUT2D eigenvalue weighted by atomic mass is 27.0. The van der Waals surface area contributed by atoms with E-state index in [1.165, 1.54) is 0 Å². The van der Waals surface area contributed by atoms with Crippen LogP contribution in [0.2, 0.25) is 0 Å². The molecule has 0 saturated heterocycles. The third kappa shape index (κ3) is 20.2. The lowest BCUT2D eigenvalue weighted by molar-refractivity contribution is -0.107. The molecule has 42 valence electrons. The Bertz CT molecular complexity index is 30.9. The normalized spacial score (nSPS) is 5.29. The quantitative estimate of drug-likeness (QED) is 0.334. The number of hydrogen-bond acceptors (Lipinski definition) is 1. The Labute approximate surface area is 65.7 Å². The molecule has 3 heteroatoms. The van der Waals surface area contributed by atoms with Crippen molar-refractivity contribution >= 4 is 41.0 Å². The van der Waals surface area contributed by atoms with Gasteiger partial charge in [0.25, 0.3) is 0 Å². The summed E-state index contributed by atoms with van der Waals surface area (Å²) in [5.74, 6) is 0. The fourth-order valence-electron chi connectivity index (χ4n) is 0.118. The van der Waals surface area contributed by atoms with Crippen LogP contribution in [0.25, 0.3) is 0 Å². The summed E-state index contributed by atoms with van der Waals surface area (Å²) in [5.41, 5.74) is 0. The molecule has 0 bridgehead atoms. The summed E-state index contributed by atoms with van der Waals surface area (Å²) in [6.45, 7) is 1.98. The number of unbranched alkanes of at least 4 members (excludes halogenated alkanes) is 1. The third-order valence-electron chi connectivity index (χ3n) is 0.407. The first-order chi connectivity index (χ1) is 2.41. The van der Waals surface area contributed by atoms with Crippen molar-refractivity contribution in [2.24, 2.45) is 0 Å². The van der Waals surface area contributed by atoms with Gasteiger partial charge in [0.1, 0.15) is 6.29 Å². The van der Waals surface area contributed by atoms with Gasteiger partial charge in [0.2, 0.25) is 0 Å². The van der Waals surface area contributed by atoms with E-state index in [0.717, 1.165) is 12.7 Å². The van der Waals surface area contributed by atoms with Crippen molar-refractivity contribution in [1.29, 1.82) is 0 Å². The van der Waals surface area contributed by atoms with Gasteiger partial charge in [-0.2, -0.15) is 0 Å². The molecule has 0 atom stereocenters. The van der Waals surface area contributed by atoms with Crippen molar-refractivity contribution in [3.63, 3.8) is 0 Å². The third-order valence-corrected chi connectivity index (χ3v) is 0.407. The van der Waals surface area contributed by atoms with E-state index >= 15 is 0 Å². The predicted octanol–water partition coefficient (Wildman–Crippen LogP) is -1.38. The first kappa shape index (κ1) is 15.6. The lowest BCUT2D eigenvalue weighted by Crippen LogP contribution is -1.64. The number of rotatable bonds is 2. The molecule has 0 radical (unpaired) electrons. The lowest BCUT2D eigenvalue weighted by Gasteiger charge is -1.68. The summed E-state index contributed by atoms with van der Waals surface area (Å²) >= 11 is 0. The highest BCUT2D eigenvalue weighted by molar-refractivity contribution is 5.76. The van der Waals surface area contributed by atoms with Gasteiger partial charge in [-0.3, -0.25) is 0 Å². The van der Waals surface area contributed by atoms with E-state index in [1.807, 2.05) is 6.92 Å². The van der Waals surface area contributed by atoms with Gasteiger partial charge < -0.3 is 4.79 Å². The molecule has 0 saturated carbocycles. The summed E-state index contributed by atoms with van der Waals surface area (Å²) in [6, 6.07) is 0. The van der Waals surface area contributed by atoms with Crippen LogP contribution in [0.5, 0.6) is 0 Å². The van der Waals surface area contributed by atoms with Crippen molar-refractivity contribution in [1.82, 2.24) is 0 Å². The molecule has 0 aliphatic carbocycles. The topological polar surface area (TPSA) is 17.1 Å². The van der Waals surface area contributed by atoms with Crippen molar-refractivity contribution in [2.45, 2.75) is 19.8 Å². The van der Waals surface area contributed by atoms with Crippen molar-refractivity contribution in [3.8, 4) is 0 Å². The predicted molar refractivity (Wildman–Crippen MR) is 40.9 cm³/mol. The SMILES string of the molecule is CCCC=O.[AlH3].[AlH3]. The largest absolute Gasteiger partial charge is 0.303 e. The molecule has 0 fully saturated rings. The second-order valence-corrected chi connectivity index (χ2v) is 0.955. The van der Waals surface area contributed by atoms with Gasteiger partial charge in [0.15, 0.2) is 34.7 Å². The van der Waals surface area contributed by atoms with Crippen LogP contribution < -0.4 is 0 Å². The molecule has 0 N–H and O–H groups in total. The Hall–Kier alpha value is 0.735. The Morgan fingerprint density at radius 2 is 1.86 bits per heavy atom. The highest BCUT2D eigenvalue weighted by Gasteiger charge is 1.66. The average molecular weight is 132 g/mol. The van der Waals surface area contributed by atoms with Gasteiger partial charge in [0, 0.05) is 6.42 Å². The molecule has 0 aromatic heterocycles. The first-order valence-electron chi connectivity index (χ1n) is 1.85. The van der Waals surface area contributed by atoms with Gasteiger partial charge in [0.05, 0.1) is 0 Å². The van der Waals surface area contributed by atoms with Crippen LogP contribution in [0.1, 0.15) is 19.8 Å². The van der Waals surface area contributed by atoms with Crippen LogP contribution in [0.3, 0.4) is 0 Å². The van der Waals surface area contributed by atoms with Crippen molar-refractivity contribution in [2.75, 3.05) is 0 Å². The van der Waals surface area contributed by atoms with Gasteiger partial charge in [-0.05, 0) is 6.42 Å². The zero-order valence-electron chi connectivity index (χ0n) is 3.40. The van der Waals surface area contributed by atoms with Gasteiger partial charge >= 0.3 is 0 Å². The summed E-state index contributed by atoms with van der Waals surface area (Å²) in [5, 5.41) is 0. The minimum Gasteiger partial charge on any atom is -0.303 e. The zero-order valence-corrected chi connectivity index (χ0v) is 3.40. The maximum atomic E-state index is 9.40. The van der Waals surface area contributed by atoms with Crippen LogP contribution >= 0.6 is 0 Å². The highest BCUT2D eigenvalue weighted by Crippen LogP contribution is 1.74. The Morgan fingerprint density at radius 1 is 1.43 bits per heavy atom. The second-order valence-electron chi connectivity index (χ2n) is 0.955. The molecule has 0 aliphatic heterocycles. The molecule has 0 amide bonds. The van der Waals surface area contributed by atoms with Crippen LogP contribution in [0.4, 0.5) is 0 Å². The molecule has 0 heterocycles. The summed E-state index contributed by atoms with van der Waals surface area (Å²) in [6.07, 6.45) is 2.61. The van der Waals surface area contributed by atoms with E-state index in [2.05, 4.69) is 0 Å². The minimum atomic E-state index is 0. The summed E-state index contributed by atoms with van der Waals surface area (Å²) in [7, 11) is 0. The van der Waals surface area contributed by atoms with Crippen LogP contribution in [-0.4, -0.2) is 41.0 Å². The average Bonchev–Trinajstić information content (AvgIpc) is 1.41. The fraction of sp³-hybridized carbons (Fsp3) is 0.750. The van der Waals surface area contributed by atoms with E-state index < -0.39 is 0 Å². The first-order valence-corrected chi connectivity index (χ1v) is 1.85. The standard InChI is InChI=1S/C4H8O.2Al.6H/c1-2-3-4-5;;;;;;;;/h4H,2-3H2,1H3;;;;;;;;. The molecule has 7 heavy (non-hydrogen) atoms. The van der Waals surface area contributed by atoms with Gasteiger partial charge in [-0.1, -0.05) is 6.92 Å². The number of aldehydes is 1. The molecule has 0 aromatic carbocycles. The Balaban J connectivity index is -0.0000000800. The van der Waals surface area contributed by atoms with E-state index in [-0.39, 0.29) is 34.7 Å². The zero-order chi connectivity index (χ0) is 4.12. The maximum Gasteiger partial charge on any atom is 0.187 e. The number of hydrogen-bond donors (Lipinski definition) is 0. The van der Waals surface area contributed by atoms with Gasteiger partial charge in [-0.25, -0.2) is 0 Å². The van der Waals surface area contributed by atoms with E-state index in [1.54, 1.807) is 0 Å². The van der Waals surface area contributed by atoms with E-state index in [4.69, 9.17) is 0 Å². The molecule has 0 spiro atoms. The van der Waals surface area contributed by atoms with Crippen LogP contribution in [-0.2, 0) is 4.79 Å². The minimum absolute atomic E-state index is 0. The molecular weight excluding hydrogens is 118 g/mol. The molecule has 0 rings (SSSR count). The summed E-state index contributed by atoms with van der Waals surface area (Å²) in [4.78, 5) is 9.40. The maximum absolute atomic E-state index is 9.40. The van der Waals surface area contributed by atoms with Crippen molar-refractivity contribution in [3.05, 3.63) is 0 Å².